The monoisotopic (exact) mass is 296 g/mol. The molecule has 5 heteroatoms. The number of nitrogens with two attached hydrogens (primary N) is 1. The minimum Gasteiger partial charge on any atom is -0.368 e. The van der Waals surface area contributed by atoms with E-state index in [0.29, 0.717) is 18.9 Å². The minimum absolute atomic E-state index is 0.0490. The number of nitrogens with zero attached hydrogens (tertiary/aromatic N) is 1. The predicted octanol–water partition coefficient (Wildman–Crippen LogP) is 0.144. The van der Waals surface area contributed by atoms with Crippen LogP contribution in [0.2, 0.25) is 0 Å². The van der Waals surface area contributed by atoms with Crippen molar-refractivity contribution in [3.05, 3.63) is 0 Å². The van der Waals surface area contributed by atoms with Crippen molar-refractivity contribution in [2.45, 2.75) is 19.4 Å². The molecule has 0 radical (unpaired) electrons. The molecule has 2 N–H and O–H groups in total. The van der Waals surface area contributed by atoms with Gasteiger partial charge >= 0.3 is 0 Å². The van der Waals surface area contributed by atoms with Crippen LogP contribution < -0.4 is 5.73 Å². The molecule has 0 spiro atoms. The Morgan fingerprint density at radius 1 is 1.85 bits per heavy atom. The topological polar surface area (TPSA) is 63.4 Å². The Morgan fingerprint density at radius 2 is 2.46 bits per heavy atom. The highest BCUT2D eigenvalue weighted by Crippen LogP contribution is 2.21. The van der Waals surface area contributed by atoms with Crippen molar-refractivity contribution in [1.29, 1.82) is 0 Å². The SMILES string of the molecule is C[C@@H](C(N)=O)N1CC(CI)CC1=O. The Morgan fingerprint density at radius 3 is 2.85 bits per heavy atom. The number of halogens is 1. The van der Waals surface area contributed by atoms with Gasteiger partial charge < -0.3 is 10.6 Å². The predicted molar refractivity (Wildman–Crippen MR) is 57.4 cm³/mol. The Bertz CT molecular complexity index is 232. The third kappa shape index (κ3) is 2.32. The number of carbonyl (C=O) groups is 2. The van der Waals surface area contributed by atoms with Crippen molar-refractivity contribution < 1.29 is 9.59 Å². The molecular weight excluding hydrogens is 283 g/mol. The number of rotatable bonds is 3. The highest BCUT2D eigenvalue weighted by molar-refractivity contribution is 14.1. The molecule has 0 saturated carbocycles. The van der Waals surface area contributed by atoms with Gasteiger partial charge in [0.2, 0.25) is 11.8 Å². The highest BCUT2D eigenvalue weighted by Gasteiger charge is 2.33. The Labute approximate surface area is 91.0 Å². The van der Waals surface area contributed by atoms with E-state index in [1.165, 1.54) is 0 Å². The molecule has 0 aromatic carbocycles. The van der Waals surface area contributed by atoms with E-state index in [1.54, 1.807) is 11.8 Å². The molecular formula is C8H13IN2O2. The van der Waals surface area contributed by atoms with Crippen molar-refractivity contribution in [2.24, 2.45) is 11.7 Å². The second-order valence-corrected chi connectivity index (χ2v) is 4.23. The molecule has 2 atom stereocenters. The molecule has 4 nitrogen and oxygen atoms in total. The van der Waals surface area contributed by atoms with Crippen molar-refractivity contribution in [3.63, 3.8) is 0 Å². The highest BCUT2D eigenvalue weighted by atomic mass is 127. The zero-order valence-corrected chi connectivity index (χ0v) is 9.65. The maximum Gasteiger partial charge on any atom is 0.239 e. The van der Waals surface area contributed by atoms with E-state index in [2.05, 4.69) is 22.6 Å². The Balaban J connectivity index is 2.62. The van der Waals surface area contributed by atoms with Gasteiger partial charge in [-0.3, -0.25) is 9.59 Å². The van der Waals surface area contributed by atoms with Gasteiger partial charge in [-0.2, -0.15) is 0 Å². The van der Waals surface area contributed by atoms with Gasteiger partial charge in [-0.25, -0.2) is 0 Å². The molecule has 1 fully saturated rings. The molecule has 74 valence electrons. The van der Waals surface area contributed by atoms with Crippen LogP contribution in [0.15, 0.2) is 0 Å². The van der Waals surface area contributed by atoms with Crippen LogP contribution in [0.1, 0.15) is 13.3 Å². The quantitative estimate of drug-likeness (QED) is 0.595. The van der Waals surface area contributed by atoms with E-state index >= 15 is 0 Å². The first-order valence-corrected chi connectivity index (χ1v) is 5.73. The summed E-state index contributed by atoms with van der Waals surface area (Å²) in [5, 5.41) is 0. The number of hydrogen-bond donors (Lipinski definition) is 1. The number of primary amides is 1. The second-order valence-electron chi connectivity index (χ2n) is 3.35. The van der Waals surface area contributed by atoms with Gasteiger partial charge in [0, 0.05) is 17.4 Å². The number of amides is 2. The van der Waals surface area contributed by atoms with E-state index in [1.807, 2.05) is 0 Å². The molecule has 0 aromatic rings. The second kappa shape index (κ2) is 4.26. The van der Waals surface area contributed by atoms with Crippen LogP contribution in [0.5, 0.6) is 0 Å². The summed E-state index contributed by atoms with van der Waals surface area (Å²) < 4.78 is 0.950. The van der Waals surface area contributed by atoms with Crippen molar-refractivity contribution >= 4 is 34.4 Å². The first kappa shape index (κ1) is 10.7. The lowest BCUT2D eigenvalue weighted by Crippen LogP contribution is -2.43. The molecule has 1 aliphatic rings. The van der Waals surface area contributed by atoms with Gasteiger partial charge in [-0.05, 0) is 12.8 Å². The van der Waals surface area contributed by atoms with Crippen LogP contribution in [-0.4, -0.2) is 33.7 Å². The standard InChI is InChI=1S/C8H13IN2O2/c1-5(8(10)13)11-4-6(3-9)2-7(11)12/h5-6H,2-4H2,1H3,(H2,10,13)/t5-,6?/m0/s1. The van der Waals surface area contributed by atoms with E-state index in [-0.39, 0.29) is 5.91 Å². The first-order chi connectivity index (χ1) is 6.06. The normalized spacial score (nSPS) is 24.9. The summed E-state index contributed by atoms with van der Waals surface area (Å²) in [6, 6.07) is -0.458. The van der Waals surface area contributed by atoms with Crippen molar-refractivity contribution in [3.8, 4) is 0 Å². The molecule has 1 saturated heterocycles. The van der Waals surface area contributed by atoms with Crippen LogP contribution in [0, 0.1) is 5.92 Å². The summed E-state index contributed by atoms with van der Waals surface area (Å²) in [5.41, 5.74) is 5.13. The summed E-state index contributed by atoms with van der Waals surface area (Å²) in [5.74, 6) is 0.00493. The van der Waals surface area contributed by atoms with Crippen LogP contribution in [0.3, 0.4) is 0 Å². The summed E-state index contributed by atoms with van der Waals surface area (Å²) >= 11 is 2.26. The smallest absolute Gasteiger partial charge is 0.239 e. The molecule has 1 aliphatic heterocycles. The van der Waals surface area contributed by atoms with Crippen molar-refractivity contribution in [2.75, 3.05) is 11.0 Å². The van der Waals surface area contributed by atoms with Crippen LogP contribution in [0.4, 0.5) is 0 Å². The summed E-state index contributed by atoms with van der Waals surface area (Å²) in [4.78, 5) is 23.8. The summed E-state index contributed by atoms with van der Waals surface area (Å²) in [6.07, 6.45) is 0.556. The van der Waals surface area contributed by atoms with Crippen LogP contribution in [-0.2, 0) is 9.59 Å². The average Bonchev–Trinajstić information content (AvgIpc) is 2.45. The molecule has 2 amide bonds. The fraction of sp³-hybridized carbons (Fsp3) is 0.750. The zero-order chi connectivity index (χ0) is 10.0. The lowest BCUT2D eigenvalue weighted by Gasteiger charge is -2.21. The number of hydrogen-bond acceptors (Lipinski definition) is 2. The fourth-order valence-electron chi connectivity index (χ4n) is 1.44. The van der Waals surface area contributed by atoms with Crippen molar-refractivity contribution in [1.82, 2.24) is 4.90 Å². The molecule has 0 bridgehead atoms. The van der Waals surface area contributed by atoms with Gasteiger partial charge in [-0.1, -0.05) is 22.6 Å². The molecule has 0 aliphatic carbocycles. The summed E-state index contributed by atoms with van der Waals surface area (Å²) in [6.45, 7) is 2.35. The lowest BCUT2D eigenvalue weighted by molar-refractivity contribution is -0.135. The number of likely N-dealkylation sites (tertiary alicyclic amines) is 1. The molecule has 0 aromatic heterocycles. The lowest BCUT2D eigenvalue weighted by atomic mass is 10.2. The van der Waals surface area contributed by atoms with Gasteiger partial charge in [-0.15, -0.1) is 0 Å². The molecule has 13 heavy (non-hydrogen) atoms. The largest absolute Gasteiger partial charge is 0.368 e. The Hall–Kier alpha value is -0.330. The average molecular weight is 296 g/mol. The first-order valence-electron chi connectivity index (χ1n) is 4.21. The molecule has 1 rings (SSSR count). The maximum atomic E-state index is 11.4. The summed E-state index contributed by atoms with van der Waals surface area (Å²) in [7, 11) is 0. The fourth-order valence-corrected chi connectivity index (χ4v) is 2.03. The zero-order valence-electron chi connectivity index (χ0n) is 7.50. The van der Waals surface area contributed by atoms with Crippen LogP contribution >= 0.6 is 22.6 Å². The van der Waals surface area contributed by atoms with Crippen LogP contribution in [0.25, 0.3) is 0 Å². The minimum atomic E-state index is -0.458. The van der Waals surface area contributed by atoms with E-state index in [0.717, 1.165) is 4.43 Å². The molecule has 1 heterocycles. The molecule has 1 unspecified atom stereocenters. The Kier molecular flexibility index (Phi) is 3.52. The third-order valence-corrected chi connectivity index (χ3v) is 3.58. The number of alkyl halides is 1. The third-order valence-electron chi connectivity index (χ3n) is 2.34. The number of carbonyl (C=O) groups excluding carboxylic acids is 2. The van der Waals surface area contributed by atoms with E-state index < -0.39 is 11.9 Å². The van der Waals surface area contributed by atoms with Gasteiger partial charge in [0.1, 0.15) is 6.04 Å². The maximum absolute atomic E-state index is 11.4. The van der Waals surface area contributed by atoms with Gasteiger partial charge in [0.15, 0.2) is 0 Å². The van der Waals surface area contributed by atoms with E-state index in [9.17, 15) is 9.59 Å². The van der Waals surface area contributed by atoms with Gasteiger partial charge in [0.25, 0.3) is 0 Å². The van der Waals surface area contributed by atoms with E-state index in [4.69, 9.17) is 5.73 Å². The van der Waals surface area contributed by atoms with Gasteiger partial charge in [0.05, 0.1) is 0 Å².